The molecule has 2 atom stereocenters. The molecule has 4 heteroatoms. The SMILES string of the molecule is CCCCC(C)C(C)CCN(C)C1CC2(CCN(C(=O)OCC)C2)C1. The lowest BCUT2D eigenvalue weighted by molar-refractivity contribution is 0.0163. The molecule has 146 valence electrons. The first kappa shape index (κ1) is 20.5. The fourth-order valence-corrected chi connectivity index (χ4v) is 4.58. The summed E-state index contributed by atoms with van der Waals surface area (Å²) in [5, 5.41) is 0. The van der Waals surface area contributed by atoms with Crippen LogP contribution >= 0.6 is 0 Å². The van der Waals surface area contributed by atoms with Crippen LogP contribution in [0.2, 0.25) is 0 Å². The molecule has 1 saturated carbocycles. The van der Waals surface area contributed by atoms with E-state index in [1.54, 1.807) is 0 Å². The second-order valence-electron chi connectivity index (χ2n) is 8.80. The van der Waals surface area contributed by atoms with Crippen molar-refractivity contribution in [3.05, 3.63) is 0 Å². The van der Waals surface area contributed by atoms with Crippen molar-refractivity contribution in [2.24, 2.45) is 17.3 Å². The highest BCUT2D eigenvalue weighted by Crippen LogP contribution is 2.50. The lowest BCUT2D eigenvalue weighted by Crippen LogP contribution is -2.51. The van der Waals surface area contributed by atoms with Gasteiger partial charge in [-0.3, -0.25) is 0 Å². The smallest absolute Gasteiger partial charge is 0.409 e. The van der Waals surface area contributed by atoms with Crippen molar-refractivity contribution in [3.8, 4) is 0 Å². The Labute approximate surface area is 155 Å². The number of unbranched alkanes of at least 4 members (excludes halogenated alkanes) is 1. The Balaban J connectivity index is 1.67. The molecule has 1 amide bonds. The highest BCUT2D eigenvalue weighted by Gasteiger charge is 2.50. The Morgan fingerprint density at radius 1 is 1.24 bits per heavy atom. The van der Waals surface area contributed by atoms with E-state index in [0.717, 1.165) is 31.3 Å². The molecule has 1 heterocycles. The van der Waals surface area contributed by atoms with Gasteiger partial charge < -0.3 is 14.5 Å². The quantitative estimate of drug-likeness (QED) is 0.598. The second kappa shape index (κ2) is 9.25. The normalized spacial score (nSPS) is 28.2. The van der Waals surface area contributed by atoms with Gasteiger partial charge in [0.05, 0.1) is 6.61 Å². The molecule has 0 N–H and O–H groups in total. The largest absolute Gasteiger partial charge is 0.450 e. The van der Waals surface area contributed by atoms with Crippen molar-refractivity contribution >= 4 is 6.09 Å². The van der Waals surface area contributed by atoms with Crippen molar-refractivity contribution in [2.45, 2.75) is 78.7 Å². The first-order valence-corrected chi connectivity index (χ1v) is 10.5. The molecular formula is C21H40N2O2. The minimum absolute atomic E-state index is 0.119. The van der Waals surface area contributed by atoms with Crippen LogP contribution in [0.25, 0.3) is 0 Å². The fourth-order valence-electron chi connectivity index (χ4n) is 4.58. The number of hydrogen-bond acceptors (Lipinski definition) is 3. The molecule has 1 aliphatic heterocycles. The molecule has 25 heavy (non-hydrogen) atoms. The third kappa shape index (κ3) is 5.35. The van der Waals surface area contributed by atoms with Crippen molar-refractivity contribution < 1.29 is 9.53 Å². The van der Waals surface area contributed by atoms with Crippen molar-refractivity contribution in [1.29, 1.82) is 0 Å². The van der Waals surface area contributed by atoms with Gasteiger partial charge in [-0.15, -0.1) is 0 Å². The predicted octanol–water partition coefficient (Wildman–Crippen LogP) is 4.78. The molecule has 1 spiro atoms. The van der Waals surface area contributed by atoms with Crippen LogP contribution in [0.1, 0.15) is 72.6 Å². The minimum atomic E-state index is -0.119. The number of ether oxygens (including phenoxy) is 1. The van der Waals surface area contributed by atoms with Crippen LogP contribution < -0.4 is 0 Å². The first-order chi connectivity index (χ1) is 11.9. The highest BCUT2D eigenvalue weighted by molar-refractivity contribution is 5.68. The van der Waals surface area contributed by atoms with E-state index in [4.69, 9.17) is 4.74 Å². The van der Waals surface area contributed by atoms with E-state index >= 15 is 0 Å². The summed E-state index contributed by atoms with van der Waals surface area (Å²) >= 11 is 0. The van der Waals surface area contributed by atoms with Gasteiger partial charge in [0.15, 0.2) is 0 Å². The van der Waals surface area contributed by atoms with Gasteiger partial charge in [0, 0.05) is 19.1 Å². The van der Waals surface area contributed by atoms with Gasteiger partial charge in [0.25, 0.3) is 0 Å². The summed E-state index contributed by atoms with van der Waals surface area (Å²) in [6, 6.07) is 0.709. The van der Waals surface area contributed by atoms with Crippen molar-refractivity contribution in [2.75, 3.05) is 33.3 Å². The number of likely N-dealkylation sites (tertiary alicyclic amines) is 1. The number of nitrogens with zero attached hydrogens (tertiary/aromatic N) is 2. The lowest BCUT2D eigenvalue weighted by Gasteiger charge is -2.49. The molecule has 0 radical (unpaired) electrons. The predicted molar refractivity (Wildman–Crippen MR) is 104 cm³/mol. The molecule has 2 unspecified atom stereocenters. The Bertz CT molecular complexity index is 420. The van der Waals surface area contributed by atoms with E-state index in [9.17, 15) is 4.79 Å². The van der Waals surface area contributed by atoms with E-state index in [2.05, 4.69) is 32.7 Å². The average Bonchev–Trinajstić information content (AvgIpc) is 3.01. The number of carbonyl (C=O) groups excluding carboxylic acids is 1. The standard InChI is InChI=1S/C21H40N2O2/c1-6-8-9-17(3)18(4)10-12-22(5)19-14-21(15-19)11-13-23(16-21)20(24)25-7-2/h17-19H,6-16H2,1-5H3. The van der Waals surface area contributed by atoms with E-state index in [0.29, 0.717) is 18.1 Å². The number of hydrogen-bond donors (Lipinski definition) is 0. The van der Waals surface area contributed by atoms with Gasteiger partial charge in [0.2, 0.25) is 0 Å². The Morgan fingerprint density at radius 2 is 1.92 bits per heavy atom. The summed E-state index contributed by atoms with van der Waals surface area (Å²) in [7, 11) is 2.29. The topological polar surface area (TPSA) is 32.8 Å². The Hall–Kier alpha value is -0.770. The summed E-state index contributed by atoms with van der Waals surface area (Å²) in [5.74, 6) is 1.66. The van der Waals surface area contributed by atoms with Gasteiger partial charge in [-0.1, -0.05) is 40.0 Å². The van der Waals surface area contributed by atoms with E-state index < -0.39 is 0 Å². The number of rotatable bonds is 9. The summed E-state index contributed by atoms with van der Waals surface area (Å²) in [5.41, 5.74) is 0.381. The van der Waals surface area contributed by atoms with Gasteiger partial charge in [-0.25, -0.2) is 4.79 Å². The van der Waals surface area contributed by atoms with E-state index in [1.807, 2.05) is 11.8 Å². The molecule has 0 aromatic rings. The molecule has 0 bridgehead atoms. The van der Waals surface area contributed by atoms with Gasteiger partial charge >= 0.3 is 6.09 Å². The monoisotopic (exact) mass is 352 g/mol. The molecule has 2 rings (SSSR count). The molecule has 4 nitrogen and oxygen atoms in total. The van der Waals surface area contributed by atoms with Crippen LogP contribution in [0.4, 0.5) is 4.79 Å². The van der Waals surface area contributed by atoms with Crippen molar-refractivity contribution in [3.63, 3.8) is 0 Å². The lowest BCUT2D eigenvalue weighted by atomic mass is 9.64. The molecule has 0 aromatic heterocycles. The van der Waals surface area contributed by atoms with Gasteiger partial charge in [0.1, 0.15) is 0 Å². The van der Waals surface area contributed by atoms with Crippen LogP contribution in [0.3, 0.4) is 0 Å². The summed E-state index contributed by atoms with van der Waals surface area (Å²) in [4.78, 5) is 16.4. The summed E-state index contributed by atoms with van der Waals surface area (Å²) in [6.07, 6.45) is 8.88. The molecule has 1 saturated heterocycles. The minimum Gasteiger partial charge on any atom is -0.450 e. The molecular weight excluding hydrogens is 312 g/mol. The average molecular weight is 353 g/mol. The summed E-state index contributed by atoms with van der Waals surface area (Å²) in [6.45, 7) is 12.5. The maximum Gasteiger partial charge on any atom is 0.409 e. The zero-order valence-electron chi connectivity index (χ0n) is 17.2. The maximum atomic E-state index is 11.9. The zero-order valence-corrected chi connectivity index (χ0v) is 17.2. The number of amides is 1. The van der Waals surface area contributed by atoms with Crippen LogP contribution in [0, 0.1) is 17.3 Å². The Kier molecular flexibility index (Phi) is 7.60. The zero-order chi connectivity index (χ0) is 18.4. The van der Waals surface area contributed by atoms with Gasteiger partial charge in [-0.05, 0) is 63.5 Å². The van der Waals surface area contributed by atoms with Crippen LogP contribution in [-0.4, -0.2) is 55.2 Å². The van der Waals surface area contributed by atoms with Crippen molar-refractivity contribution in [1.82, 2.24) is 9.80 Å². The molecule has 1 aliphatic carbocycles. The third-order valence-corrected chi connectivity index (χ3v) is 6.85. The highest BCUT2D eigenvalue weighted by atomic mass is 16.6. The van der Waals surface area contributed by atoms with Gasteiger partial charge in [-0.2, -0.15) is 0 Å². The van der Waals surface area contributed by atoms with Crippen LogP contribution in [0.5, 0.6) is 0 Å². The van der Waals surface area contributed by atoms with Crippen LogP contribution in [0.15, 0.2) is 0 Å². The Morgan fingerprint density at radius 3 is 2.56 bits per heavy atom. The first-order valence-electron chi connectivity index (χ1n) is 10.5. The fraction of sp³-hybridized carbons (Fsp3) is 0.952. The molecule has 0 aromatic carbocycles. The van der Waals surface area contributed by atoms with E-state index in [-0.39, 0.29) is 6.09 Å². The second-order valence-corrected chi connectivity index (χ2v) is 8.80. The molecule has 2 fully saturated rings. The van der Waals surface area contributed by atoms with E-state index in [1.165, 1.54) is 45.1 Å². The third-order valence-electron chi connectivity index (χ3n) is 6.85. The maximum absolute atomic E-state index is 11.9. The number of carbonyl (C=O) groups is 1. The summed E-state index contributed by atoms with van der Waals surface area (Å²) < 4.78 is 5.15. The molecule has 2 aliphatic rings. The van der Waals surface area contributed by atoms with Crippen LogP contribution in [-0.2, 0) is 4.74 Å².